The summed E-state index contributed by atoms with van der Waals surface area (Å²) in [5.41, 5.74) is 1.39. The highest BCUT2D eigenvalue weighted by Crippen LogP contribution is 2.18. The van der Waals surface area contributed by atoms with Gasteiger partial charge in [-0.05, 0) is 30.4 Å². The average molecular weight is 183 g/mol. The molecule has 0 aromatic rings. The molecule has 0 amide bonds. The molecule has 12 heavy (non-hydrogen) atoms. The van der Waals surface area contributed by atoms with Crippen LogP contribution in [0.3, 0.4) is 0 Å². The van der Waals surface area contributed by atoms with Crippen molar-refractivity contribution in [1.82, 2.24) is 0 Å². The Morgan fingerprint density at radius 2 is 1.83 bits per heavy atom. The normalized spacial score (nSPS) is 22.7. The summed E-state index contributed by atoms with van der Waals surface area (Å²) in [4.78, 5) is 0. The fourth-order valence-corrected chi connectivity index (χ4v) is 1.38. The van der Waals surface area contributed by atoms with Gasteiger partial charge in [0.15, 0.2) is 0 Å². The number of hydrogen-bond donors (Lipinski definition) is 0. The summed E-state index contributed by atoms with van der Waals surface area (Å²) in [7, 11) is 0. The summed E-state index contributed by atoms with van der Waals surface area (Å²) in [6.45, 7) is 4.41. The number of allylic oxidation sites excluding steroid dienone is 6. The van der Waals surface area contributed by atoms with E-state index in [2.05, 4.69) is 32.1 Å². The van der Waals surface area contributed by atoms with Gasteiger partial charge >= 0.3 is 0 Å². The monoisotopic (exact) mass is 182 g/mol. The second kappa shape index (κ2) is 4.51. The van der Waals surface area contributed by atoms with Crippen molar-refractivity contribution < 1.29 is 0 Å². The lowest BCUT2D eigenvalue weighted by atomic mass is 10.00. The van der Waals surface area contributed by atoms with Crippen molar-refractivity contribution in [2.45, 2.75) is 26.7 Å². The molecule has 1 aliphatic carbocycles. The zero-order valence-electron chi connectivity index (χ0n) is 7.68. The molecule has 0 aliphatic heterocycles. The van der Waals surface area contributed by atoms with E-state index in [-0.39, 0.29) is 0 Å². The van der Waals surface area contributed by atoms with Crippen molar-refractivity contribution in [3.8, 4) is 0 Å². The van der Waals surface area contributed by atoms with Crippen molar-refractivity contribution in [3.05, 3.63) is 34.9 Å². The van der Waals surface area contributed by atoms with E-state index in [0.717, 1.165) is 17.9 Å². The van der Waals surface area contributed by atoms with E-state index in [4.69, 9.17) is 11.6 Å². The molecule has 0 fully saturated rings. The van der Waals surface area contributed by atoms with Crippen LogP contribution >= 0.6 is 11.6 Å². The molecule has 1 aliphatic rings. The molecule has 0 unspecified atom stereocenters. The van der Waals surface area contributed by atoms with Gasteiger partial charge in [0.1, 0.15) is 0 Å². The van der Waals surface area contributed by atoms with Crippen LogP contribution in [-0.4, -0.2) is 0 Å². The minimum atomic E-state index is 0.601. The van der Waals surface area contributed by atoms with Gasteiger partial charge in [-0.15, -0.1) is 0 Å². The number of halogens is 1. The van der Waals surface area contributed by atoms with E-state index < -0.39 is 0 Å². The van der Waals surface area contributed by atoms with Gasteiger partial charge in [0.25, 0.3) is 0 Å². The summed E-state index contributed by atoms with van der Waals surface area (Å²) in [5.74, 6) is 0.601. The smallest absolute Gasteiger partial charge is 0.0366 e. The van der Waals surface area contributed by atoms with E-state index in [1.807, 2.05) is 6.08 Å². The van der Waals surface area contributed by atoms with Crippen molar-refractivity contribution in [2.24, 2.45) is 5.92 Å². The number of hydrogen-bond acceptors (Lipinski definition) is 0. The van der Waals surface area contributed by atoms with Crippen LogP contribution in [-0.2, 0) is 0 Å². The summed E-state index contributed by atoms with van der Waals surface area (Å²) >= 11 is 5.91. The molecule has 0 heterocycles. The quantitative estimate of drug-likeness (QED) is 0.574. The van der Waals surface area contributed by atoms with Crippen LogP contribution in [0.2, 0.25) is 0 Å². The molecule has 1 rings (SSSR count). The predicted octanol–water partition coefficient (Wildman–Crippen LogP) is 4.04. The maximum Gasteiger partial charge on any atom is 0.0366 e. The first-order valence-electron chi connectivity index (χ1n) is 4.44. The Balaban J connectivity index is 2.77. The minimum absolute atomic E-state index is 0.601. The molecule has 1 heteroatoms. The molecule has 0 radical (unpaired) electrons. The highest BCUT2D eigenvalue weighted by Gasteiger charge is 2.00. The molecular formula is C11H15Cl. The van der Waals surface area contributed by atoms with Crippen molar-refractivity contribution in [2.75, 3.05) is 0 Å². The third-order valence-corrected chi connectivity index (χ3v) is 2.27. The van der Waals surface area contributed by atoms with Crippen LogP contribution in [0.4, 0.5) is 0 Å². The van der Waals surface area contributed by atoms with Crippen LogP contribution in [0.1, 0.15) is 26.7 Å². The topological polar surface area (TPSA) is 0 Å². The first-order chi connectivity index (χ1) is 5.70. The largest absolute Gasteiger partial charge is 0.0847 e. The predicted molar refractivity (Wildman–Crippen MR) is 55.2 cm³/mol. The van der Waals surface area contributed by atoms with Crippen LogP contribution in [0, 0.1) is 5.92 Å². The molecule has 0 bridgehead atoms. The first kappa shape index (κ1) is 9.60. The zero-order valence-corrected chi connectivity index (χ0v) is 8.43. The maximum absolute atomic E-state index is 5.91. The molecule has 0 nitrogen and oxygen atoms in total. The molecule has 0 saturated carbocycles. The molecule has 66 valence electrons. The maximum atomic E-state index is 5.91. The third-order valence-electron chi connectivity index (χ3n) is 1.99. The highest BCUT2D eigenvalue weighted by molar-refractivity contribution is 6.31. The van der Waals surface area contributed by atoms with Crippen molar-refractivity contribution in [3.63, 3.8) is 0 Å². The second-order valence-electron chi connectivity index (χ2n) is 3.36. The minimum Gasteiger partial charge on any atom is -0.0847 e. The molecule has 0 N–H and O–H groups in total. The van der Waals surface area contributed by atoms with E-state index in [9.17, 15) is 0 Å². The highest BCUT2D eigenvalue weighted by atomic mass is 35.5. The molecule has 0 aromatic carbocycles. The number of rotatable bonds is 1. The summed E-state index contributed by atoms with van der Waals surface area (Å²) in [6.07, 6.45) is 10.6. The van der Waals surface area contributed by atoms with Crippen LogP contribution in [0.5, 0.6) is 0 Å². The summed E-state index contributed by atoms with van der Waals surface area (Å²) < 4.78 is 0. The molecule has 0 saturated heterocycles. The van der Waals surface area contributed by atoms with Crippen LogP contribution in [0.25, 0.3) is 0 Å². The summed E-state index contributed by atoms with van der Waals surface area (Å²) in [5, 5.41) is 0.862. The molecule has 0 aromatic heterocycles. The van der Waals surface area contributed by atoms with Gasteiger partial charge in [-0.3, -0.25) is 0 Å². The molecule has 0 spiro atoms. The standard InChI is InChI=1S/C11H15Cl/c1-9(2)10-5-3-4-6-11(12)8-7-10/h5-9H,3-4H2,1-2H3/b8-7?,10-5?,11-6-. The van der Waals surface area contributed by atoms with Crippen molar-refractivity contribution in [1.29, 1.82) is 0 Å². The van der Waals surface area contributed by atoms with Gasteiger partial charge in [0.05, 0.1) is 0 Å². The van der Waals surface area contributed by atoms with Gasteiger partial charge < -0.3 is 0 Å². The van der Waals surface area contributed by atoms with Gasteiger partial charge in [-0.1, -0.05) is 43.7 Å². The lowest BCUT2D eigenvalue weighted by molar-refractivity contribution is 0.781. The lowest BCUT2D eigenvalue weighted by Gasteiger charge is -2.07. The van der Waals surface area contributed by atoms with Gasteiger partial charge in [0.2, 0.25) is 0 Å². The lowest BCUT2D eigenvalue weighted by Crippen LogP contribution is -1.91. The van der Waals surface area contributed by atoms with Gasteiger partial charge in [-0.2, -0.15) is 0 Å². The molecule has 0 atom stereocenters. The fraction of sp³-hybridized carbons (Fsp3) is 0.455. The van der Waals surface area contributed by atoms with E-state index >= 15 is 0 Å². The first-order valence-corrected chi connectivity index (χ1v) is 4.81. The average Bonchev–Trinajstić information content (AvgIpc) is 1.97. The Hall–Kier alpha value is -0.490. The SMILES string of the molecule is CC(C)C1=CCC/C=C(\Cl)C=C1. The van der Waals surface area contributed by atoms with Gasteiger partial charge in [0, 0.05) is 5.03 Å². The molecular weight excluding hydrogens is 168 g/mol. The van der Waals surface area contributed by atoms with E-state index in [0.29, 0.717) is 5.92 Å². The van der Waals surface area contributed by atoms with E-state index in [1.165, 1.54) is 5.57 Å². The third kappa shape index (κ3) is 2.86. The van der Waals surface area contributed by atoms with Crippen molar-refractivity contribution >= 4 is 11.6 Å². The Labute approximate surface area is 79.6 Å². The Morgan fingerprint density at radius 1 is 1.17 bits per heavy atom. The Morgan fingerprint density at radius 3 is 2.50 bits per heavy atom. The fourth-order valence-electron chi connectivity index (χ4n) is 1.21. The summed E-state index contributed by atoms with van der Waals surface area (Å²) in [6, 6.07) is 0. The Bertz CT molecular complexity index is 231. The van der Waals surface area contributed by atoms with Crippen LogP contribution < -0.4 is 0 Å². The Kier molecular flexibility index (Phi) is 3.61. The zero-order chi connectivity index (χ0) is 8.97. The second-order valence-corrected chi connectivity index (χ2v) is 3.79. The van der Waals surface area contributed by atoms with E-state index in [1.54, 1.807) is 0 Å². The van der Waals surface area contributed by atoms with Gasteiger partial charge in [-0.25, -0.2) is 0 Å². The van der Waals surface area contributed by atoms with Crippen LogP contribution in [0.15, 0.2) is 34.9 Å².